The molecule has 0 atom stereocenters. The second kappa shape index (κ2) is 4.85. The van der Waals surface area contributed by atoms with Crippen LogP contribution in [0, 0.1) is 0 Å². The normalized spacial score (nSPS) is 11.1. The summed E-state index contributed by atoms with van der Waals surface area (Å²) in [6.07, 6.45) is 2.59. The molecule has 1 N–H and O–H groups in total. The van der Waals surface area contributed by atoms with Crippen molar-refractivity contribution in [1.82, 2.24) is 10.2 Å². The maximum absolute atomic E-state index is 9.11. The Hall–Kier alpha value is -1.75. The molecule has 0 unspecified atom stereocenters. The first-order valence-corrected chi connectivity index (χ1v) is 5.75. The highest BCUT2D eigenvalue weighted by Gasteiger charge is 1.98. The summed E-state index contributed by atoms with van der Waals surface area (Å²) in [5.41, 5.74) is 0.922. The predicted octanol–water partition coefficient (Wildman–Crippen LogP) is 2.56. The summed E-state index contributed by atoms with van der Waals surface area (Å²) in [7, 11) is 0. The molecule has 0 fully saturated rings. The fourth-order valence-corrected chi connectivity index (χ4v) is 1.75. The minimum absolute atomic E-state index is 0.251. The van der Waals surface area contributed by atoms with Gasteiger partial charge in [0.1, 0.15) is 10.8 Å². The molecule has 0 bridgehead atoms. The molecule has 1 aromatic carbocycles. The third-order valence-corrected chi connectivity index (χ3v) is 2.95. The smallest absolute Gasteiger partial charge is 0.231 e. The van der Waals surface area contributed by atoms with Gasteiger partial charge in [-0.15, -0.1) is 10.2 Å². The van der Waals surface area contributed by atoms with Crippen LogP contribution >= 0.6 is 11.3 Å². The van der Waals surface area contributed by atoms with Crippen LogP contribution in [0.3, 0.4) is 0 Å². The van der Waals surface area contributed by atoms with Gasteiger partial charge in [-0.25, -0.2) is 4.99 Å². The molecule has 5 heteroatoms. The van der Waals surface area contributed by atoms with Gasteiger partial charge in [0.05, 0.1) is 0 Å². The van der Waals surface area contributed by atoms with Crippen LogP contribution in [0.1, 0.15) is 17.5 Å². The Balaban J connectivity index is 2.11. The maximum atomic E-state index is 9.11. The second-order valence-electron chi connectivity index (χ2n) is 3.18. The molecule has 0 saturated heterocycles. The van der Waals surface area contributed by atoms with E-state index in [4.69, 9.17) is 5.11 Å². The van der Waals surface area contributed by atoms with E-state index >= 15 is 0 Å². The zero-order valence-electron chi connectivity index (χ0n) is 8.79. The van der Waals surface area contributed by atoms with Gasteiger partial charge in [-0.05, 0) is 36.2 Å². The molecule has 4 nitrogen and oxygen atoms in total. The summed E-state index contributed by atoms with van der Waals surface area (Å²) in [4.78, 5) is 4.21. The zero-order chi connectivity index (χ0) is 11.4. The molecule has 2 rings (SSSR count). The third-order valence-electron chi connectivity index (χ3n) is 1.98. The Morgan fingerprint density at radius 3 is 2.69 bits per heavy atom. The van der Waals surface area contributed by atoms with Crippen LogP contribution in [0.2, 0.25) is 0 Å². The van der Waals surface area contributed by atoms with Gasteiger partial charge in [-0.1, -0.05) is 18.3 Å². The van der Waals surface area contributed by atoms with Crippen molar-refractivity contribution in [3.05, 3.63) is 34.8 Å². The lowest BCUT2D eigenvalue weighted by Gasteiger charge is -1.92. The van der Waals surface area contributed by atoms with E-state index in [2.05, 4.69) is 15.2 Å². The van der Waals surface area contributed by atoms with Gasteiger partial charge in [-0.3, -0.25) is 0 Å². The van der Waals surface area contributed by atoms with E-state index in [0.717, 1.165) is 17.0 Å². The molecule has 0 radical (unpaired) electrons. The lowest BCUT2D eigenvalue weighted by atomic mass is 10.2. The van der Waals surface area contributed by atoms with Gasteiger partial charge < -0.3 is 5.11 Å². The van der Waals surface area contributed by atoms with Crippen molar-refractivity contribution in [3.8, 4) is 5.75 Å². The number of hydrogen-bond acceptors (Lipinski definition) is 5. The van der Waals surface area contributed by atoms with Crippen molar-refractivity contribution >= 4 is 22.7 Å². The van der Waals surface area contributed by atoms with Crippen LogP contribution in [-0.4, -0.2) is 21.5 Å². The number of rotatable bonds is 3. The standard InChI is InChI=1S/C11H11N3OS/c1-2-10-13-14-11(16-10)12-7-8-3-5-9(15)6-4-8/h3-7,15H,2H2,1H3/b12-7+. The Morgan fingerprint density at radius 1 is 1.31 bits per heavy atom. The molecule has 16 heavy (non-hydrogen) atoms. The van der Waals surface area contributed by atoms with E-state index in [-0.39, 0.29) is 5.75 Å². The summed E-state index contributed by atoms with van der Waals surface area (Å²) in [5, 5.41) is 18.7. The van der Waals surface area contributed by atoms with Crippen LogP contribution in [0.15, 0.2) is 29.3 Å². The summed E-state index contributed by atoms with van der Waals surface area (Å²) >= 11 is 1.49. The van der Waals surface area contributed by atoms with Gasteiger partial charge in [0.25, 0.3) is 0 Å². The van der Waals surface area contributed by atoms with Crippen LogP contribution in [0.25, 0.3) is 0 Å². The minimum Gasteiger partial charge on any atom is -0.508 e. The number of benzene rings is 1. The fraction of sp³-hybridized carbons (Fsp3) is 0.182. The van der Waals surface area contributed by atoms with Gasteiger partial charge >= 0.3 is 0 Å². The molecule has 0 aliphatic rings. The average molecular weight is 233 g/mol. The molecule has 0 saturated carbocycles. The Bertz CT molecular complexity index is 490. The number of phenolic OH excluding ortho intramolecular Hbond substituents is 1. The van der Waals surface area contributed by atoms with Crippen molar-refractivity contribution in [2.45, 2.75) is 13.3 Å². The SMILES string of the molecule is CCc1nnc(/N=C/c2ccc(O)cc2)s1. The van der Waals surface area contributed by atoms with Crippen LogP contribution < -0.4 is 0 Å². The molecule has 1 aromatic heterocycles. The number of hydrogen-bond donors (Lipinski definition) is 1. The first-order chi connectivity index (χ1) is 7.78. The topological polar surface area (TPSA) is 58.4 Å². The van der Waals surface area contributed by atoms with E-state index in [0.29, 0.717) is 5.13 Å². The van der Waals surface area contributed by atoms with Crippen LogP contribution in [0.4, 0.5) is 5.13 Å². The molecular formula is C11H11N3OS. The zero-order valence-corrected chi connectivity index (χ0v) is 9.61. The number of phenols is 1. The first-order valence-electron chi connectivity index (χ1n) is 4.93. The summed E-state index contributed by atoms with van der Waals surface area (Å²) in [6.45, 7) is 2.04. The van der Waals surface area contributed by atoms with Crippen LogP contribution in [0.5, 0.6) is 5.75 Å². The number of aromatic nitrogens is 2. The summed E-state index contributed by atoms with van der Waals surface area (Å²) in [6, 6.07) is 6.83. The Kier molecular flexibility index (Phi) is 3.26. The Morgan fingerprint density at radius 2 is 2.06 bits per heavy atom. The third kappa shape index (κ3) is 2.64. The largest absolute Gasteiger partial charge is 0.508 e. The predicted molar refractivity (Wildman–Crippen MR) is 64.6 cm³/mol. The van der Waals surface area contributed by atoms with Gasteiger partial charge in [0, 0.05) is 6.21 Å². The highest BCUT2D eigenvalue weighted by atomic mass is 32.1. The summed E-state index contributed by atoms with van der Waals surface area (Å²) < 4.78 is 0. The average Bonchev–Trinajstić information content (AvgIpc) is 2.76. The number of aryl methyl sites for hydroxylation is 1. The van der Waals surface area contributed by atoms with Gasteiger partial charge in [-0.2, -0.15) is 0 Å². The quantitative estimate of drug-likeness (QED) is 0.829. The highest BCUT2D eigenvalue weighted by molar-refractivity contribution is 7.14. The number of aliphatic imine (C=N–C) groups is 1. The molecular weight excluding hydrogens is 222 g/mol. The van der Waals surface area contributed by atoms with Gasteiger partial charge in [0.2, 0.25) is 5.13 Å². The minimum atomic E-state index is 0.251. The molecule has 0 aliphatic heterocycles. The van der Waals surface area contributed by atoms with E-state index in [1.807, 2.05) is 6.92 Å². The number of aromatic hydroxyl groups is 1. The van der Waals surface area contributed by atoms with E-state index in [1.165, 1.54) is 11.3 Å². The summed E-state index contributed by atoms with van der Waals surface area (Å²) in [5.74, 6) is 0.251. The Labute approximate surface area is 97.3 Å². The molecule has 1 heterocycles. The van der Waals surface area contributed by atoms with Crippen molar-refractivity contribution in [2.24, 2.45) is 4.99 Å². The van der Waals surface area contributed by atoms with Crippen molar-refractivity contribution in [1.29, 1.82) is 0 Å². The highest BCUT2D eigenvalue weighted by Crippen LogP contribution is 2.18. The molecule has 2 aromatic rings. The molecule has 0 aliphatic carbocycles. The lowest BCUT2D eigenvalue weighted by molar-refractivity contribution is 0.475. The van der Waals surface area contributed by atoms with Crippen molar-refractivity contribution in [3.63, 3.8) is 0 Å². The molecule has 0 spiro atoms. The van der Waals surface area contributed by atoms with Crippen molar-refractivity contribution in [2.75, 3.05) is 0 Å². The monoisotopic (exact) mass is 233 g/mol. The van der Waals surface area contributed by atoms with E-state index < -0.39 is 0 Å². The number of nitrogens with zero attached hydrogens (tertiary/aromatic N) is 3. The lowest BCUT2D eigenvalue weighted by Crippen LogP contribution is -1.78. The van der Waals surface area contributed by atoms with Crippen molar-refractivity contribution < 1.29 is 5.11 Å². The first kappa shape index (κ1) is 10.8. The molecule has 82 valence electrons. The maximum Gasteiger partial charge on any atom is 0.231 e. The van der Waals surface area contributed by atoms with E-state index in [1.54, 1.807) is 30.5 Å². The molecule has 0 amide bonds. The van der Waals surface area contributed by atoms with Gasteiger partial charge in [0.15, 0.2) is 0 Å². The fourth-order valence-electron chi connectivity index (χ4n) is 1.13. The van der Waals surface area contributed by atoms with E-state index in [9.17, 15) is 0 Å². The second-order valence-corrected chi connectivity index (χ2v) is 4.22. The van der Waals surface area contributed by atoms with Crippen LogP contribution in [-0.2, 0) is 6.42 Å².